The summed E-state index contributed by atoms with van der Waals surface area (Å²) in [6.07, 6.45) is 8.71. The molecule has 1 spiro atoms. The number of allylic oxidation sites excluding steroid dienone is 4. The highest BCUT2D eigenvalue weighted by molar-refractivity contribution is 6.02. The highest BCUT2D eigenvalue weighted by atomic mass is 16.9. The first-order valence-corrected chi connectivity index (χ1v) is 11.6. The third kappa shape index (κ3) is 2.71. The maximum absolute atomic E-state index is 13.8. The van der Waals surface area contributed by atoms with Crippen LogP contribution in [0.3, 0.4) is 0 Å². The molecule has 1 saturated heterocycles. The van der Waals surface area contributed by atoms with Crippen molar-refractivity contribution in [1.82, 2.24) is 0 Å². The first kappa shape index (κ1) is 21.2. The second-order valence-electron chi connectivity index (χ2n) is 10.5. The lowest BCUT2D eigenvalue weighted by molar-refractivity contribution is -0.419. The number of hydrogen-bond acceptors (Lipinski definition) is 6. The van der Waals surface area contributed by atoms with Crippen LogP contribution in [-0.4, -0.2) is 42.1 Å². The summed E-state index contributed by atoms with van der Waals surface area (Å²) in [5.74, 6) is -0.949. The van der Waals surface area contributed by atoms with Crippen molar-refractivity contribution in [3.8, 4) is 0 Å². The van der Waals surface area contributed by atoms with E-state index in [4.69, 9.17) is 14.2 Å². The second kappa shape index (κ2) is 6.69. The third-order valence-electron chi connectivity index (χ3n) is 9.06. The fourth-order valence-electron chi connectivity index (χ4n) is 7.69. The third-order valence-corrected chi connectivity index (χ3v) is 9.06. The molecule has 0 bridgehead atoms. The van der Waals surface area contributed by atoms with Crippen molar-refractivity contribution in [2.45, 2.75) is 71.4 Å². The number of ketones is 3. The standard InChI is InChI=1S/C25H32O6/c1-5-29-24(4)30-14-20(28)25(31-24)11-9-18-17-7-6-15-12-16(26)8-10-22(15,2)21(17)19(27)13-23(18,25)3/h8,10,12,17-18,21H,5-7,9,11,13-14H2,1-4H3/t17-,18+,21-,22-,23+,24+,25-/m0/s1. The lowest BCUT2D eigenvalue weighted by Crippen LogP contribution is -2.66. The average molecular weight is 429 g/mol. The summed E-state index contributed by atoms with van der Waals surface area (Å²) in [6.45, 7) is 8.11. The van der Waals surface area contributed by atoms with Crippen molar-refractivity contribution >= 4 is 17.3 Å². The highest BCUT2D eigenvalue weighted by Crippen LogP contribution is 2.67. The molecule has 4 fully saturated rings. The molecule has 0 aromatic heterocycles. The minimum Gasteiger partial charge on any atom is -0.328 e. The Balaban J connectivity index is 1.54. The maximum atomic E-state index is 13.8. The SMILES string of the molecule is CCO[C@]1(C)OCC(=O)[C@]2(CC[C@@H]3[C@@H]4CCC5=CC(=O)C=C[C@]5(C)[C@@H]4C(=O)C[C@]32C)O1. The Labute approximate surface area is 183 Å². The largest absolute Gasteiger partial charge is 0.328 e. The number of carbonyl (C=O) groups excluding carboxylic acids is 3. The number of Topliss-reactive ketones (excluding diaryl/α,β-unsaturated/α-hetero) is 2. The minimum atomic E-state index is -1.28. The van der Waals surface area contributed by atoms with Crippen LogP contribution in [0, 0.1) is 28.6 Å². The van der Waals surface area contributed by atoms with E-state index >= 15 is 0 Å². The number of hydrogen-bond donors (Lipinski definition) is 0. The molecular weight excluding hydrogens is 396 g/mol. The van der Waals surface area contributed by atoms with E-state index in [1.807, 2.05) is 13.0 Å². The number of rotatable bonds is 2. The maximum Gasteiger partial charge on any atom is 0.281 e. The van der Waals surface area contributed by atoms with Crippen LogP contribution in [0.15, 0.2) is 23.8 Å². The summed E-state index contributed by atoms with van der Waals surface area (Å²) < 4.78 is 17.8. The van der Waals surface area contributed by atoms with Gasteiger partial charge in [0.1, 0.15) is 18.0 Å². The molecule has 4 aliphatic carbocycles. The quantitative estimate of drug-likeness (QED) is 0.669. The van der Waals surface area contributed by atoms with Gasteiger partial charge in [-0.2, -0.15) is 0 Å². The van der Waals surface area contributed by atoms with E-state index in [0.717, 1.165) is 24.8 Å². The zero-order valence-corrected chi connectivity index (χ0v) is 18.9. The topological polar surface area (TPSA) is 78.9 Å². The molecule has 5 rings (SSSR count). The first-order valence-electron chi connectivity index (χ1n) is 11.6. The molecule has 6 heteroatoms. The van der Waals surface area contributed by atoms with Gasteiger partial charge in [-0.15, -0.1) is 0 Å². The normalized spacial score (nSPS) is 49.0. The molecule has 0 amide bonds. The van der Waals surface area contributed by atoms with Gasteiger partial charge in [-0.3, -0.25) is 14.4 Å². The van der Waals surface area contributed by atoms with Gasteiger partial charge in [0.05, 0.1) is 0 Å². The lowest BCUT2D eigenvalue weighted by Gasteiger charge is -2.58. The molecular formula is C25H32O6. The molecule has 1 aliphatic heterocycles. The van der Waals surface area contributed by atoms with E-state index in [2.05, 4.69) is 13.8 Å². The van der Waals surface area contributed by atoms with Crippen molar-refractivity contribution in [1.29, 1.82) is 0 Å². The molecule has 0 radical (unpaired) electrons. The van der Waals surface area contributed by atoms with Gasteiger partial charge in [-0.25, -0.2) is 0 Å². The van der Waals surface area contributed by atoms with Crippen molar-refractivity contribution in [2.75, 3.05) is 13.2 Å². The molecule has 0 aromatic rings. The molecule has 1 heterocycles. The monoisotopic (exact) mass is 428 g/mol. The Kier molecular flexibility index (Phi) is 4.58. The summed E-state index contributed by atoms with van der Waals surface area (Å²) in [6, 6.07) is 0. The van der Waals surface area contributed by atoms with Crippen LogP contribution < -0.4 is 0 Å². The van der Waals surface area contributed by atoms with Crippen molar-refractivity contribution in [2.24, 2.45) is 28.6 Å². The van der Waals surface area contributed by atoms with Gasteiger partial charge in [-0.05, 0) is 56.6 Å². The smallest absolute Gasteiger partial charge is 0.281 e. The van der Waals surface area contributed by atoms with E-state index in [9.17, 15) is 14.4 Å². The van der Waals surface area contributed by atoms with E-state index < -0.39 is 22.4 Å². The Morgan fingerprint density at radius 3 is 2.68 bits per heavy atom. The van der Waals surface area contributed by atoms with E-state index in [1.165, 1.54) is 0 Å². The Bertz CT molecular complexity index is 919. The van der Waals surface area contributed by atoms with Gasteiger partial charge >= 0.3 is 0 Å². The average Bonchev–Trinajstić information content (AvgIpc) is 2.98. The zero-order chi connectivity index (χ0) is 22.2. The predicted molar refractivity (Wildman–Crippen MR) is 112 cm³/mol. The van der Waals surface area contributed by atoms with E-state index in [0.29, 0.717) is 19.4 Å². The molecule has 0 N–H and O–H groups in total. The summed E-state index contributed by atoms with van der Waals surface area (Å²) in [4.78, 5) is 39.0. The fourth-order valence-corrected chi connectivity index (χ4v) is 7.69. The van der Waals surface area contributed by atoms with Crippen LogP contribution in [0.25, 0.3) is 0 Å². The van der Waals surface area contributed by atoms with Gasteiger partial charge < -0.3 is 14.2 Å². The van der Waals surface area contributed by atoms with E-state index in [-0.39, 0.29) is 41.7 Å². The van der Waals surface area contributed by atoms with Crippen LogP contribution in [-0.2, 0) is 28.6 Å². The molecule has 0 aromatic carbocycles. The van der Waals surface area contributed by atoms with Gasteiger partial charge in [0.15, 0.2) is 11.6 Å². The Hall–Kier alpha value is -1.63. The predicted octanol–water partition coefficient (Wildman–Crippen LogP) is 3.54. The summed E-state index contributed by atoms with van der Waals surface area (Å²) in [5.41, 5.74) is -0.981. The molecule has 168 valence electrons. The van der Waals surface area contributed by atoms with Crippen LogP contribution in [0.1, 0.15) is 59.8 Å². The Morgan fingerprint density at radius 2 is 1.94 bits per heavy atom. The summed E-state index contributed by atoms with van der Waals surface area (Å²) in [7, 11) is 0. The van der Waals surface area contributed by atoms with Gasteiger partial charge in [0, 0.05) is 36.7 Å². The summed E-state index contributed by atoms with van der Waals surface area (Å²) in [5, 5.41) is 0. The number of fused-ring (bicyclic) bond motifs is 6. The van der Waals surface area contributed by atoms with Gasteiger partial charge in [0.2, 0.25) is 0 Å². The van der Waals surface area contributed by atoms with Crippen LogP contribution in [0.5, 0.6) is 0 Å². The Morgan fingerprint density at radius 1 is 1.16 bits per heavy atom. The van der Waals surface area contributed by atoms with Crippen LogP contribution in [0.2, 0.25) is 0 Å². The van der Waals surface area contributed by atoms with Crippen LogP contribution in [0.4, 0.5) is 0 Å². The molecule has 3 saturated carbocycles. The number of ether oxygens (including phenoxy) is 3. The molecule has 0 unspecified atom stereocenters. The van der Waals surface area contributed by atoms with Crippen LogP contribution >= 0.6 is 0 Å². The second-order valence-corrected chi connectivity index (χ2v) is 10.5. The highest BCUT2D eigenvalue weighted by Gasteiger charge is 2.71. The minimum absolute atomic E-state index is 0.00949. The molecule has 5 aliphatic rings. The van der Waals surface area contributed by atoms with Gasteiger partial charge in [-0.1, -0.05) is 25.5 Å². The fraction of sp³-hybridized carbons (Fsp3) is 0.720. The first-order chi connectivity index (χ1) is 14.6. The molecule has 31 heavy (non-hydrogen) atoms. The summed E-state index contributed by atoms with van der Waals surface area (Å²) >= 11 is 0. The number of carbonyl (C=O) groups is 3. The van der Waals surface area contributed by atoms with Crippen molar-refractivity contribution in [3.05, 3.63) is 23.8 Å². The molecule has 7 atom stereocenters. The lowest BCUT2D eigenvalue weighted by atomic mass is 9.46. The zero-order valence-electron chi connectivity index (χ0n) is 18.9. The van der Waals surface area contributed by atoms with Gasteiger partial charge in [0.25, 0.3) is 5.97 Å². The van der Waals surface area contributed by atoms with E-state index in [1.54, 1.807) is 19.1 Å². The molecule has 6 nitrogen and oxygen atoms in total. The van der Waals surface area contributed by atoms with Crippen molar-refractivity contribution in [3.63, 3.8) is 0 Å². The van der Waals surface area contributed by atoms with Crippen molar-refractivity contribution < 1.29 is 28.6 Å².